The molecule has 0 aliphatic heterocycles. The lowest BCUT2D eigenvalue weighted by Gasteiger charge is -2.17. The second-order valence-electron chi connectivity index (χ2n) is 13.8. The van der Waals surface area contributed by atoms with Crippen molar-refractivity contribution >= 4 is 65.4 Å². The van der Waals surface area contributed by atoms with Gasteiger partial charge in [-0.25, -0.2) is 9.97 Å². The summed E-state index contributed by atoms with van der Waals surface area (Å²) in [5.74, 6) is 0. The molecule has 3 heterocycles. The van der Waals surface area contributed by atoms with Gasteiger partial charge in [-0.15, -0.1) is 0 Å². The summed E-state index contributed by atoms with van der Waals surface area (Å²) < 4.78 is 0. The molecule has 54 heavy (non-hydrogen) atoms. The van der Waals surface area contributed by atoms with Crippen LogP contribution in [0, 0.1) is 0 Å². The third-order valence-electron chi connectivity index (χ3n) is 10.5. The molecular weight excluding hydrogens is 657 g/mol. The summed E-state index contributed by atoms with van der Waals surface area (Å²) >= 11 is 0. The number of benzene rings is 7. The van der Waals surface area contributed by atoms with Crippen LogP contribution in [0.5, 0.6) is 0 Å². The smallest absolute Gasteiger partial charge is 0.0951 e. The Morgan fingerprint density at radius 2 is 1.17 bits per heavy atom. The van der Waals surface area contributed by atoms with E-state index in [1.165, 1.54) is 21.7 Å². The Hall–Kier alpha value is -7.17. The van der Waals surface area contributed by atoms with Crippen molar-refractivity contribution in [3.8, 4) is 22.5 Å². The highest BCUT2D eigenvalue weighted by Crippen LogP contribution is 2.39. The average molecular weight is 691 g/mol. The van der Waals surface area contributed by atoms with E-state index < -0.39 is 0 Å². The van der Waals surface area contributed by atoms with E-state index in [1.54, 1.807) is 0 Å². The van der Waals surface area contributed by atoms with Crippen LogP contribution in [0.15, 0.2) is 182 Å². The quantitative estimate of drug-likeness (QED) is 0.176. The van der Waals surface area contributed by atoms with E-state index in [1.807, 2.05) is 24.4 Å². The highest BCUT2D eigenvalue weighted by atomic mass is 14.8. The zero-order valence-corrected chi connectivity index (χ0v) is 29.4. The van der Waals surface area contributed by atoms with Crippen LogP contribution in [0.3, 0.4) is 0 Å². The van der Waals surface area contributed by atoms with Crippen molar-refractivity contribution in [2.24, 2.45) is 0 Å². The fraction of sp³-hybridized carbons (Fsp3) is 0.0200. The fourth-order valence-electron chi connectivity index (χ4n) is 7.64. The molecule has 0 radical (unpaired) electrons. The summed E-state index contributed by atoms with van der Waals surface area (Å²) in [6.07, 6.45) is 4.92. The van der Waals surface area contributed by atoms with Gasteiger partial charge in [0, 0.05) is 44.6 Å². The molecule has 0 bridgehead atoms. The highest BCUT2D eigenvalue weighted by Gasteiger charge is 2.19. The minimum atomic E-state index is 0.608. The standard InChI is InChI=1S/C50H34N4/c51-49-42(41(48-29-38-14-5-6-15-40(38)31-52-48)23-18-32-17-19-33-9-1-3-12-36(33)27-32)24-25-43-44(46-26-22-35-11-7-8-16-45(35)53-46)30-47(54-50(43)49)39-21-20-34-10-2-4-13-37(34)28-39/h1-17,19-31H,18,51H2/b41-23+. The monoisotopic (exact) mass is 690 g/mol. The molecule has 0 spiro atoms. The molecule has 0 unspecified atom stereocenters. The number of nitrogen functional groups attached to an aromatic ring is 1. The Kier molecular flexibility index (Phi) is 7.66. The summed E-state index contributed by atoms with van der Waals surface area (Å²) in [7, 11) is 0. The molecule has 10 rings (SSSR count). The van der Waals surface area contributed by atoms with E-state index in [2.05, 4.69) is 158 Å². The number of nitrogens with zero attached hydrogens (tertiary/aromatic N) is 3. The lowest BCUT2D eigenvalue weighted by Crippen LogP contribution is -2.02. The number of anilines is 1. The predicted molar refractivity (Wildman–Crippen MR) is 226 cm³/mol. The highest BCUT2D eigenvalue weighted by molar-refractivity contribution is 6.06. The van der Waals surface area contributed by atoms with Crippen LogP contribution in [0.4, 0.5) is 5.69 Å². The van der Waals surface area contributed by atoms with Crippen LogP contribution >= 0.6 is 0 Å². The second kappa shape index (κ2) is 13.1. The number of pyridine rings is 3. The van der Waals surface area contributed by atoms with Crippen molar-refractivity contribution < 1.29 is 0 Å². The van der Waals surface area contributed by atoms with Crippen LogP contribution in [-0.4, -0.2) is 15.0 Å². The van der Waals surface area contributed by atoms with E-state index in [-0.39, 0.29) is 0 Å². The Bertz CT molecular complexity index is 3110. The van der Waals surface area contributed by atoms with Crippen molar-refractivity contribution in [2.75, 3.05) is 5.73 Å². The molecule has 0 saturated heterocycles. The molecule has 0 amide bonds. The van der Waals surface area contributed by atoms with E-state index in [0.29, 0.717) is 12.1 Å². The SMILES string of the molecule is Nc1c(/C(=C\Cc2ccc3ccccc3c2)c2cc3ccccc3cn2)ccc2c(-c3ccc4ccccc4n3)cc(-c3ccc4ccccc4c3)nc12. The summed E-state index contributed by atoms with van der Waals surface area (Å²) in [5.41, 5.74) is 17.3. The first kappa shape index (κ1) is 31.6. The van der Waals surface area contributed by atoms with Crippen molar-refractivity contribution in [3.63, 3.8) is 0 Å². The molecule has 0 atom stereocenters. The van der Waals surface area contributed by atoms with Gasteiger partial charge in [-0.3, -0.25) is 4.98 Å². The van der Waals surface area contributed by atoms with Gasteiger partial charge in [-0.1, -0.05) is 146 Å². The number of rotatable bonds is 6. The van der Waals surface area contributed by atoms with Gasteiger partial charge in [-0.2, -0.15) is 0 Å². The Morgan fingerprint density at radius 1 is 0.519 bits per heavy atom. The molecule has 254 valence electrons. The van der Waals surface area contributed by atoms with Crippen molar-refractivity contribution in [1.29, 1.82) is 0 Å². The molecule has 0 aliphatic carbocycles. The molecule has 3 aromatic heterocycles. The molecule has 0 fully saturated rings. The molecule has 0 saturated carbocycles. The van der Waals surface area contributed by atoms with Crippen LogP contribution in [0.25, 0.3) is 82.2 Å². The van der Waals surface area contributed by atoms with E-state index in [4.69, 9.17) is 20.7 Å². The Balaban J connectivity index is 1.19. The number of hydrogen-bond donors (Lipinski definition) is 1. The molecule has 4 heteroatoms. The Morgan fingerprint density at radius 3 is 1.96 bits per heavy atom. The maximum absolute atomic E-state index is 7.34. The molecule has 2 N–H and O–H groups in total. The maximum Gasteiger partial charge on any atom is 0.0951 e. The fourth-order valence-corrected chi connectivity index (χ4v) is 7.64. The topological polar surface area (TPSA) is 64.7 Å². The number of aromatic nitrogens is 3. The normalized spacial score (nSPS) is 12.0. The first-order chi connectivity index (χ1) is 26.6. The summed E-state index contributed by atoms with van der Waals surface area (Å²) in [5, 5.41) is 9.05. The predicted octanol–water partition coefficient (Wildman–Crippen LogP) is 12.2. The van der Waals surface area contributed by atoms with Crippen LogP contribution in [0.1, 0.15) is 16.8 Å². The van der Waals surface area contributed by atoms with Crippen LogP contribution < -0.4 is 5.73 Å². The number of nitrogens with two attached hydrogens (primary N) is 1. The third-order valence-corrected chi connectivity index (χ3v) is 10.5. The molecule has 4 nitrogen and oxygen atoms in total. The van der Waals surface area contributed by atoms with Gasteiger partial charge in [0.2, 0.25) is 0 Å². The van der Waals surface area contributed by atoms with Gasteiger partial charge in [0.05, 0.1) is 33.8 Å². The van der Waals surface area contributed by atoms with Crippen molar-refractivity contribution in [2.45, 2.75) is 6.42 Å². The van der Waals surface area contributed by atoms with Crippen LogP contribution in [0.2, 0.25) is 0 Å². The van der Waals surface area contributed by atoms with E-state index in [9.17, 15) is 0 Å². The zero-order chi connectivity index (χ0) is 36.0. The van der Waals surface area contributed by atoms with Gasteiger partial charge in [0.1, 0.15) is 0 Å². The number of para-hydroxylation sites is 1. The first-order valence-corrected chi connectivity index (χ1v) is 18.3. The van der Waals surface area contributed by atoms with Crippen molar-refractivity contribution in [1.82, 2.24) is 15.0 Å². The lowest BCUT2D eigenvalue weighted by atomic mass is 9.93. The summed E-state index contributed by atoms with van der Waals surface area (Å²) in [6, 6.07) is 59.4. The molecule has 0 aliphatic rings. The second-order valence-corrected chi connectivity index (χ2v) is 13.8. The summed E-state index contributed by atoms with van der Waals surface area (Å²) in [6.45, 7) is 0. The minimum Gasteiger partial charge on any atom is -0.396 e. The van der Waals surface area contributed by atoms with E-state index >= 15 is 0 Å². The summed E-state index contributed by atoms with van der Waals surface area (Å²) in [4.78, 5) is 15.5. The number of fused-ring (bicyclic) bond motifs is 5. The minimum absolute atomic E-state index is 0.608. The number of allylic oxidation sites excluding steroid dienone is 1. The number of hydrogen-bond acceptors (Lipinski definition) is 4. The van der Waals surface area contributed by atoms with Gasteiger partial charge >= 0.3 is 0 Å². The average Bonchev–Trinajstić information content (AvgIpc) is 3.23. The Labute approximate surface area is 312 Å². The van der Waals surface area contributed by atoms with Gasteiger partial charge in [0.15, 0.2) is 0 Å². The van der Waals surface area contributed by atoms with Gasteiger partial charge < -0.3 is 5.73 Å². The lowest BCUT2D eigenvalue weighted by molar-refractivity contribution is 1.25. The third kappa shape index (κ3) is 5.71. The van der Waals surface area contributed by atoms with Crippen LogP contribution in [-0.2, 0) is 6.42 Å². The zero-order valence-electron chi connectivity index (χ0n) is 29.4. The molecular formula is C50H34N4. The molecule has 10 aromatic rings. The van der Waals surface area contributed by atoms with Crippen molar-refractivity contribution in [3.05, 3.63) is 199 Å². The maximum atomic E-state index is 7.34. The molecule has 7 aromatic carbocycles. The van der Waals surface area contributed by atoms with Gasteiger partial charge in [0.25, 0.3) is 0 Å². The van der Waals surface area contributed by atoms with Gasteiger partial charge in [-0.05, 0) is 69.2 Å². The van der Waals surface area contributed by atoms with E-state index in [0.717, 1.165) is 77.3 Å². The largest absolute Gasteiger partial charge is 0.396 e. The first-order valence-electron chi connectivity index (χ1n) is 18.3.